The molecule has 0 amide bonds. The molecule has 0 aromatic carbocycles. The van der Waals surface area contributed by atoms with E-state index in [1.165, 1.54) is 32.1 Å². The Labute approximate surface area is 82.3 Å². The van der Waals surface area contributed by atoms with Crippen molar-refractivity contribution in [2.45, 2.75) is 51.5 Å². The first-order valence-electron chi connectivity index (χ1n) is 5.55. The number of hydrogen-bond acceptors (Lipinski definition) is 1. The Hall–Kier alpha value is -0.480. The van der Waals surface area contributed by atoms with Gasteiger partial charge in [0.2, 0.25) is 0 Å². The predicted molar refractivity (Wildman–Crippen MR) is 57.5 cm³/mol. The van der Waals surface area contributed by atoms with E-state index in [1.807, 2.05) is 0 Å². The van der Waals surface area contributed by atoms with Gasteiger partial charge in [0.05, 0.1) is 0 Å². The molecule has 1 N–H and O–H groups in total. The van der Waals surface area contributed by atoms with Crippen LogP contribution in [0.4, 0.5) is 0 Å². The van der Waals surface area contributed by atoms with Gasteiger partial charge in [-0.2, -0.15) is 0 Å². The summed E-state index contributed by atoms with van der Waals surface area (Å²) in [6, 6.07) is 0.579. The summed E-state index contributed by atoms with van der Waals surface area (Å²) in [5, 5.41) is 3.51. The molecule has 1 aliphatic rings. The second-order valence-corrected chi connectivity index (χ2v) is 3.97. The summed E-state index contributed by atoms with van der Waals surface area (Å²) in [5.41, 5.74) is 0. The molecule has 1 nitrogen and oxygen atoms in total. The van der Waals surface area contributed by atoms with Crippen molar-refractivity contribution < 1.29 is 0 Å². The van der Waals surface area contributed by atoms with Crippen molar-refractivity contribution in [3.8, 4) is 12.3 Å². The van der Waals surface area contributed by atoms with Crippen LogP contribution in [0.15, 0.2) is 0 Å². The average molecular weight is 179 g/mol. The lowest BCUT2D eigenvalue weighted by Crippen LogP contribution is -2.36. The fraction of sp³-hybridized carbons (Fsp3) is 0.833. The molecular formula is C12H21N. The summed E-state index contributed by atoms with van der Waals surface area (Å²) in [4.78, 5) is 0. The van der Waals surface area contributed by atoms with Gasteiger partial charge in [0, 0.05) is 12.5 Å². The summed E-state index contributed by atoms with van der Waals surface area (Å²) >= 11 is 0. The van der Waals surface area contributed by atoms with Crippen LogP contribution >= 0.6 is 0 Å². The van der Waals surface area contributed by atoms with Gasteiger partial charge in [-0.05, 0) is 25.3 Å². The van der Waals surface area contributed by atoms with Crippen molar-refractivity contribution >= 4 is 0 Å². The SMILES string of the molecule is C#CCC(NCC)C1CCCCC1. The van der Waals surface area contributed by atoms with E-state index < -0.39 is 0 Å². The molecule has 0 heterocycles. The first-order chi connectivity index (χ1) is 6.38. The Kier molecular flexibility index (Phi) is 4.93. The van der Waals surface area contributed by atoms with Gasteiger partial charge in [-0.1, -0.05) is 26.2 Å². The molecule has 1 fully saturated rings. The molecule has 1 saturated carbocycles. The van der Waals surface area contributed by atoms with Gasteiger partial charge in [-0.15, -0.1) is 12.3 Å². The third kappa shape index (κ3) is 3.40. The molecule has 0 radical (unpaired) electrons. The van der Waals surface area contributed by atoms with Crippen molar-refractivity contribution in [1.29, 1.82) is 0 Å². The molecule has 1 atom stereocenters. The Bertz CT molecular complexity index is 162. The minimum absolute atomic E-state index is 0.579. The summed E-state index contributed by atoms with van der Waals surface area (Å²) < 4.78 is 0. The largest absolute Gasteiger partial charge is 0.313 e. The van der Waals surface area contributed by atoms with E-state index in [0.29, 0.717) is 6.04 Å². The van der Waals surface area contributed by atoms with Gasteiger partial charge < -0.3 is 5.32 Å². The normalized spacial score (nSPS) is 20.9. The molecule has 74 valence electrons. The highest BCUT2D eigenvalue weighted by Gasteiger charge is 2.21. The predicted octanol–water partition coefficient (Wildman–Crippen LogP) is 2.57. The Morgan fingerprint density at radius 2 is 2.08 bits per heavy atom. The zero-order chi connectivity index (χ0) is 9.52. The topological polar surface area (TPSA) is 12.0 Å². The van der Waals surface area contributed by atoms with Gasteiger partial charge in [-0.3, -0.25) is 0 Å². The smallest absolute Gasteiger partial charge is 0.0243 e. The molecule has 0 bridgehead atoms. The summed E-state index contributed by atoms with van der Waals surface area (Å²) in [7, 11) is 0. The maximum Gasteiger partial charge on any atom is 0.0243 e. The van der Waals surface area contributed by atoms with Crippen LogP contribution in [0.2, 0.25) is 0 Å². The second-order valence-electron chi connectivity index (χ2n) is 3.97. The minimum Gasteiger partial charge on any atom is -0.313 e. The molecule has 0 aliphatic heterocycles. The average Bonchev–Trinajstić information content (AvgIpc) is 2.19. The molecule has 0 aromatic rings. The molecule has 13 heavy (non-hydrogen) atoms. The van der Waals surface area contributed by atoms with E-state index >= 15 is 0 Å². The van der Waals surface area contributed by atoms with E-state index in [2.05, 4.69) is 18.2 Å². The first-order valence-corrected chi connectivity index (χ1v) is 5.55. The van der Waals surface area contributed by atoms with Gasteiger partial charge in [0.25, 0.3) is 0 Å². The van der Waals surface area contributed by atoms with Crippen LogP contribution in [0, 0.1) is 18.3 Å². The van der Waals surface area contributed by atoms with Crippen LogP contribution in [-0.4, -0.2) is 12.6 Å². The van der Waals surface area contributed by atoms with Crippen molar-refractivity contribution in [2.75, 3.05) is 6.54 Å². The molecule has 0 aromatic heterocycles. The maximum atomic E-state index is 5.38. The monoisotopic (exact) mass is 179 g/mol. The molecule has 1 heteroatoms. The van der Waals surface area contributed by atoms with Crippen molar-refractivity contribution in [3.63, 3.8) is 0 Å². The lowest BCUT2D eigenvalue weighted by Gasteiger charge is -2.29. The molecule has 1 rings (SSSR count). The number of terminal acetylenes is 1. The molecule has 0 saturated heterocycles. The fourth-order valence-corrected chi connectivity index (χ4v) is 2.33. The van der Waals surface area contributed by atoms with E-state index in [1.54, 1.807) is 0 Å². The molecule has 1 aliphatic carbocycles. The van der Waals surface area contributed by atoms with Crippen molar-refractivity contribution in [3.05, 3.63) is 0 Å². The molecule has 0 spiro atoms. The van der Waals surface area contributed by atoms with E-state index in [-0.39, 0.29) is 0 Å². The van der Waals surface area contributed by atoms with Crippen LogP contribution in [0.1, 0.15) is 45.4 Å². The van der Waals surface area contributed by atoms with Crippen molar-refractivity contribution in [1.82, 2.24) is 5.32 Å². The van der Waals surface area contributed by atoms with Crippen LogP contribution in [0.25, 0.3) is 0 Å². The van der Waals surface area contributed by atoms with Crippen LogP contribution in [-0.2, 0) is 0 Å². The highest BCUT2D eigenvalue weighted by atomic mass is 14.9. The minimum atomic E-state index is 0.579. The summed E-state index contributed by atoms with van der Waals surface area (Å²) in [5.74, 6) is 3.63. The zero-order valence-electron chi connectivity index (χ0n) is 8.68. The highest BCUT2D eigenvalue weighted by Crippen LogP contribution is 2.27. The quantitative estimate of drug-likeness (QED) is 0.654. The van der Waals surface area contributed by atoms with Gasteiger partial charge in [0.15, 0.2) is 0 Å². The summed E-state index contributed by atoms with van der Waals surface area (Å²) in [6.45, 7) is 3.20. The Morgan fingerprint density at radius 1 is 1.38 bits per heavy atom. The molecule has 1 unspecified atom stereocenters. The van der Waals surface area contributed by atoms with E-state index in [9.17, 15) is 0 Å². The Morgan fingerprint density at radius 3 is 2.62 bits per heavy atom. The fourth-order valence-electron chi connectivity index (χ4n) is 2.33. The van der Waals surface area contributed by atoms with Crippen molar-refractivity contribution in [2.24, 2.45) is 5.92 Å². The lowest BCUT2D eigenvalue weighted by atomic mass is 9.83. The molecular weight excluding hydrogens is 158 g/mol. The first kappa shape index (κ1) is 10.6. The summed E-state index contributed by atoms with van der Waals surface area (Å²) in [6.07, 6.45) is 13.2. The van der Waals surface area contributed by atoms with Gasteiger partial charge in [-0.25, -0.2) is 0 Å². The number of rotatable bonds is 4. The van der Waals surface area contributed by atoms with Crippen LogP contribution in [0.3, 0.4) is 0 Å². The second kappa shape index (κ2) is 6.05. The zero-order valence-corrected chi connectivity index (χ0v) is 8.68. The lowest BCUT2D eigenvalue weighted by molar-refractivity contribution is 0.274. The van der Waals surface area contributed by atoms with E-state index in [4.69, 9.17) is 6.42 Å². The standard InChI is InChI=1S/C12H21N/c1-3-8-12(13-4-2)11-9-6-5-7-10-11/h1,11-13H,4-10H2,2H3. The number of hydrogen-bond donors (Lipinski definition) is 1. The van der Waals surface area contributed by atoms with E-state index in [0.717, 1.165) is 18.9 Å². The van der Waals surface area contributed by atoms with Gasteiger partial charge >= 0.3 is 0 Å². The third-order valence-electron chi connectivity index (χ3n) is 3.02. The third-order valence-corrected chi connectivity index (χ3v) is 3.02. The Balaban J connectivity index is 2.37. The van der Waals surface area contributed by atoms with Crippen LogP contribution < -0.4 is 5.32 Å². The number of nitrogens with one attached hydrogen (secondary N) is 1. The van der Waals surface area contributed by atoms with Gasteiger partial charge in [0.1, 0.15) is 0 Å². The van der Waals surface area contributed by atoms with Crippen LogP contribution in [0.5, 0.6) is 0 Å². The highest BCUT2D eigenvalue weighted by molar-refractivity contribution is 4.93. The maximum absolute atomic E-state index is 5.38.